The third-order valence-corrected chi connectivity index (χ3v) is 8.68. The molecule has 0 amide bonds. The molecule has 2 aliphatic heterocycles. The number of hydrogen-bond acceptors (Lipinski definition) is 5. The van der Waals surface area contributed by atoms with Crippen molar-refractivity contribution in [2.75, 3.05) is 16.7 Å². The first-order chi connectivity index (χ1) is 22.3. The van der Waals surface area contributed by atoms with Gasteiger partial charge in [0.15, 0.2) is 0 Å². The molecule has 0 radical (unpaired) electrons. The highest BCUT2D eigenvalue weighted by molar-refractivity contribution is 6.71. The number of rotatable bonds is 3. The van der Waals surface area contributed by atoms with Crippen LogP contribution in [0.3, 0.4) is 0 Å². The monoisotopic (exact) mass is 561 g/mol. The summed E-state index contributed by atoms with van der Waals surface area (Å²) in [7, 11) is 2.07. The fourth-order valence-electron chi connectivity index (χ4n) is 6.66. The predicted molar refractivity (Wildman–Crippen MR) is 174 cm³/mol. The van der Waals surface area contributed by atoms with Crippen LogP contribution >= 0.6 is 0 Å². The topological polar surface area (TPSA) is 51.4 Å². The van der Waals surface area contributed by atoms with E-state index in [-0.39, 0.29) is 12.7 Å². The zero-order chi connectivity index (χ0) is 31.3. The first-order valence-electron chi connectivity index (χ1n) is 15.7. The van der Waals surface area contributed by atoms with E-state index in [1.54, 1.807) is 19.2 Å². The lowest BCUT2D eigenvalue weighted by Gasteiger charge is -2.34. The number of aryl methyl sites for hydroxylation is 2. The van der Waals surface area contributed by atoms with E-state index in [9.17, 15) is 0 Å². The van der Waals surface area contributed by atoms with E-state index < -0.39 is 6.85 Å². The summed E-state index contributed by atoms with van der Waals surface area (Å²) >= 11 is 0. The highest BCUT2D eigenvalue weighted by Gasteiger charge is 2.46. The summed E-state index contributed by atoms with van der Waals surface area (Å²) in [5.74, 6) is 2.77. The Kier molecular flexibility index (Phi) is 4.32. The molecular formula is C35H27BN6O. The Balaban J connectivity index is 1.16. The number of fused-ring (bicyclic) bond motifs is 11. The van der Waals surface area contributed by atoms with Gasteiger partial charge in [-0.25, -0.2) is 9.97 Å². The zero-order valence-corrected chi connectivity index (χ0v) is 23.6. The molecule has 0 atom stereocenters. The highest BCUT2D eigenvalue weighted by Crippen LogP contribution is 2.49. The minimum Gasteiger partial charge on any atom is -0.457 e. The Morgan fingerprint density at radius 2 is 1.56 bits per heavy atom. The molecule has 0 spiro atoms. The normalized spacial score (nSPS) is 14.7. The molecule has 7 nitrogen and oxygen atoms in total. The van der Waals surface area contributed by atoms with Crippen molar-refractivity contribution >= 4 is 46.0 Å². The van der Waals surface area contributed by atoms with Gasteiger partial charge in [-0.15, -0.1) is 0 Å². The van der Waals surface area contributed by atoms with Gasteiger partial charge in [0, 0.05) is 50.8 Å². The van der Waals surface area contributed by atoms with Gasteiger partial charge >= 0.3 is 7.12 Å². The van der Waals surface area contributed by atoms with E-state index in [1.807, 2.05) is 53.4 Å². The van der Waals surface area contributed by atoms with Crippen molar-refractivity contribution in [1.82, 2.24) is 19.0 Å². The number of ether oxygens (including phenoxy) is 1. The van der Waals surface area contributed by atoms with Crippen LogP contribution in [-0.2, 0) is 0 Å². The zero-order valence-electron chi connectivity index (χ0n) is 26.6. The van der Waals surface area contributed by atoms with Crippen LogP contribution < -0.4 is 14.4 Å². The lowest BCUT2D eigenvalue weighted by molar-refractivity contribution is 0.483. The van der Waals surface area contributed by atoms with E-state index in [2.05, 4.69) is 74.7 Å². The molecule has 0 N–H and O–H groups in total. The molecule has 43 heavy (non-hydrogen) atoms. The lowest BCUT2D eigenvalue weighted by atomic mass is 9.84. The molecule has 4 aromatic carbocycles. The van der Waals surface area contributed by atoms with Crippen LogP contribution in [0.4, 0.5) is 17.1 Å². The smallest absolute Gasteiger partial charge is 0.457 e. The average molecular weight is 561 g/mol. The Labute approximate surface area is 253 Å². The third-order valence-electron chi connectivity index (χ3n) is 8.68. The van der Waals surface area contributed by atoms with E-state index in [0.29, 0.717) is 22.9 Å². The van der Waals surface area contributed by atoms with Crippen molar-refractivity contribution in [2.24, 2.45) is 0 Å². The van der Waals surface area contributed by atoms with Gasteiger partial charge in [0.05, 0.1) is 22.4 Å². The molecule has 0 bridgehead atoms. The van der Waals surface area contributed by atoms with Crippen LogP contribution in [0.25, 0.3) is 39.0 Å². The second kappa shape index (κ2) is 8.75. The SMILES string of the molecule is [2H]C([2H])([2H])c1cc(-n2c3ccccc3c3ccc(Oc4ccc5c(c4)-c4nccn4B4N(C)c6ccccc6N45)cc32)ncc1C. The first-order valence-corrected chi connectivity index (χ1v) is 14.2. The maximum absolute atomic E-state index is 8.07. The molecule has 0 saturated carbocycles. The Morgan fingerprint density at radius 1 is 0.767 bits per heavy atom. The van der Waals surface area contributed by atoms with Gasteiger partial charge in [0.2, 0.25) is 0 Å². The lowest BCUT2D eigenvalue weighted by Crippen LogP contribution is -2.52. The van der Waals surface area contributed by atoms with Gasteiger partial charge in [-0.05, 0) is 86.5 Å². The quantitative estimate of drug-likeness (QED) is 0.206. The Morgan fingerprint density at radius 3 is 2.47 bits per heavy atom. The van der Waals surface area contributed by atoms with Gasteiger partial charge in [-0.3, -0.25) is 4.57 Å². The molecule has 0 unspecified atom stereocenters. The number of hydrogen-bond donors (Lipinski definition) is 0. The van der Waals surface area contributed by atoms with Gasteiger partial charge in [0.25, 0.3) is 0 Å². The number of pyridine rings is 1. The maximum atomic E-state index is 8.07. The van der Waals surface area contributed by atoms with E-state index in [4.69, 9.17) is 13.8 Å². The number of aromatic nitrogens is 4. The van der Waals surface area contributed by atoms with E-state index >= 15 is 0 Å². The average Bonchev–Trinajstić information content (AvgIpc) is 3.74. The van der Waals surface area contributed by atoms with Gasteiger partial charge in [-0.1, -0.05) is 30.3 Å². The molecule has 5 heterocycles. The summed E-state index contributed by atoms with van der Waals surface area (Å²) in [5.41, 5.74) is 7.11. The van der Waals surface area contributed by atoms with Crippen molar-refractivity contribution in [1.29, 1.82) is 0 Å². The van der Waals surface area contributed by atoms with E-state index in [0.717, 1.165) is 50.3 Å². The van der Waals surface area contributed by atoms with E-state index in [1.165, 1.54) is 0 Å². The molecule has 7 aromatic rings. The fourth-order valence-corrected chi connectivity index (χ4v) is 6.66. The molecule has 8 heteroatoms. The number of anilines is 3. The van der Waals surface area contributed by atoms with Crippen LogP contribution in [0.15, 0.2) is 110 Å². The van der Waals surface area contributed by atoms with Crippen LogP contribution in [0.1, 0.15) is 15.2 Å². The molecule has 0 aliphatic carbocycles. The second-order valence-corrected chi connectivity index (χ2v) is 11.1. The largest absolute Gasteiger partial charge is 0.515 e. The van der Waals surface area contributed by atoms with Crippen LogP contribution in [0, 0.1) is 13.8 Å². The number of benzene rings is 4. The third kappa shape index (κ3) is 3.37. The molecule has 2 aliphatic rings. The summed E-state index contributed by atoms with van der Waals surface area (Å²) in [6.45, 7) is -0.468. The predicted octanol–water partition coefficient (Wildman–Crippen LogP) is 7.89. The highest BCUT2D eigenvalue weighted by atomic mass is 16.5. The minimum absolute atomic E-state index is 0.0419. The summed E-state index contributed by atoms with van der Waals surface area (Å²) in [5, 5.41) is 2.07. The number of nitrogens with zero attached hydrogens (tertiary/aromatic N) is 6. The molecular weight excluding hydrogens is 531 g/mol. The van der Waals surface area contributed by atoms with Crippen LogP contribution in [0.5, 0.6) is 11.5 Å². The molecule has 0 saturated heterocycles. The number of imidazole rings is 1. The summed E-state index contributed by atoms with van der Waals surface area (Å²) in [6, 6.07) is 30.4. The van der Waals surface area contributed by atoms with Crippen molar-refractivity contribution in [3.8, 4) is 28.7 Å². The Bertz CT molecular complexity index is 2360. The maximum Gasteiger partial charge on any atom is 0.515 e. The standard InChI is InChI=1S/C35H27BN6O/c1-22-18-34(38-21-23(22)2)41-29-9-5-4-8-26(29)27-14-12-25(20-33(27)41)43-24-13-15-30-28(19-24)35-37-16-17-40(35)36-39(3)31-10-6-7-11-32(31)42(30)36/h4-21H,1-3H3/i1D3. The number of para-hydroxylation sites is 3. The van der Waals surface area contributed by atoms with Gasteiger partial charge < -0.3 is 18.8 Å². The van der Waals surface area contributed by atoms with Crippen LogP contribution in [-0.4, -0.2) is 33.2 Å². The van der Waals surface area contributed by atoms with Crippen LogP contribution in [0.2, 0.25) is 0 Å². The summed E-state index contributed by atoms with van der Waals surface area (Å²) < 4.78 is 35.0. The minimum atomic E-state index is -2.25. The molecule has 206 valence electrons. The molecule has 9 rings (SSSR count). The van der Waals surface area contributed by atoms with Crippen molar-refractivity contribution in [3.63, 3.8) is 0 Å². The Hall–Kier alpha value is -5.50. The van der Waals surface area contributed by atoms with Gasteiger partial charge in [-0.2, -0.15) is 0 Å². The first kappa shape index (κ1) is 21.2. The van der Waals surface area contributed by atoms with Crippen molar-refractivity contribution < 1.29 is 8.85 Å². The van der Waals surface area contributed by atoms with Gasteiger partial charge in [0.1, 0.15) is 23.1 Å². The van der Waals surface area contributed by atoms with Crippen molar-refractivity contribution in [2.45, 2.75) is 13.8 Å². The fraction of sp³-hybridized carbons (Fsp3) is 0.0857. The van der Waals surface area contributed by atoms with Crippen molar-refractivity contribution in [3.05, 3.63) is 121 Å². The molecule has 0 fully saturated rings. The molecule has 3 aromatic heterocycles. The summed E-state index contributed by atoms with van der Waals surface area (Å²) in [4.78, 5) is 14.0. The second-order valence-electron chi connectivity index (χ2n) is 11.1. The summed E-state index contributed by atoms with van der Waals surface area (Å²) in [6.07, 6.45) is 5.50.